The summed E-state index contributed by atoms with van der Waals surface area (Å²) >= 11 is 0. The molecule has 2 saturated heterocycles. The van der Waals surface area contributed by atoms with Crippen molar-refractivity contribution in [3.8, 4) is 5.75 Å². The molecule has 0 bridgehead atoms. The van der Waals surface area contributed by atoms with Gasteiger partial charge in [0.1, 0.15) is 17.4 Å². The van der Waals surface area contributed by atoms with Gasteiger partial charge < -0.3 is 34.9 Å². The van der Waals surface area contributed by atoms with Crippen molar-refractivity contribution in [3.63, 3.8) is 0 Å². The first-order chi connectivity index (χ1) is 17.6. The van der Waals surface area contributed by atoms with Crippen LogP contribution in [-0.4, -0.2) is 96.5 Å². The average Bonchev–Trinajstić information content (AvgIpc) is 2.87. The molecular weight excluding hydrogens is 492 g/mol. The molecule has 0 spiro atoms. The van der Waals surface area contributed by atoms with Gasteiger partial charge in [-0.2, -0.15) is 5.06 Å². The van der Waals surface area contributed by atoms with Crippen LogP contribution < -0.4 is 10.1 Å². The molecule has 2 fully saturated rings. The number of hydroxylamine groups is 2. The number of amides is 3. The highest BCUT2D eigenvalue weighted by Crippen LogP contribution is 2.24. The molecule has 11 nitrogen and oxygen atoms in total. The van der Waals surface area contributed by atoms with E-state index in [0.717, 1.165) is 36.5 Å². The molecule has 3 N–H and O–H groups in total. The quantitative estimate of drug-likeness (QED) is 0.553. The second kappa shape index (κ2) is 14.2. The van der Waals surface area contributed by atoms with Crippen molar-refractivity contribution in [2.24, 2.45) is 5.92 Å². The van der Waals surface area contributed by atoms with E-state index in [9.17, 15) is 14.4 Å². The Morgan fingerprint density at radius 2 is 1.68 bits per heavy atom. The number of likely N-dealkylation sites (N-methyl/N-ethyl adjacent to an activating group) is 1. The number of hydrogen-bond acceptors (Lipinski definition) is 7. The summed E-state index contributed by atoms with van der Waals surface area (Å²) in [6, 6.07) is 7.56. The van der Waals surface area contributed by atoms with Crippen molar-refractivity contribution >= 4 is 18.1 Å². The van der Waals surface area contributed by atoms with Crippen molar-refractivity contribution in [1.82, 2.24) is 20.2 Å². The highest BCUT2D eigenvalue weighted by Gasteiger charge is 2.34. The predicted octanol–water partition coefficient (Wildman–Crippen LogP) is 2.62. The summed E-state index contributed by atoms with van der Waals surface area (Å²) in [7, 11) is 1.43. The average molecular weight is 537 g/mol. The van der Waals surface area contributed by atoms with Gasteiger partial charge in [0.25, 0.3) is 5.91 Å². The molecule has 1 unspecified atom stereocenters. The van der Waals surface area contributed by atoms with Gasteiger partial charge in [0, 0.05) is 39.8 Å². The number of ether oxygens (including phenoxy) is 2. The maximum Gasteiger partial charge on any atom is 0.434 e. The lowest BCUT2D eigenvalue weighted by Gasteiger charge is -2.36. The van der Waals surface area contributed by atoms with Gasteiger partial charge in [-0.25, -0.2) is 9.59 Å². The number of piperidine rings is 1. The Balaban J connectivity index is 0.00000507. The Morgan fingerprint density at radius 1 is 1.03 bits per heavy atom. The van der Waals surface area contributed by atoms with Crippen LogP contribution in [0.25, 0.3) is 0 Å². The third-order valence-corrected chi connectivity index (χ3v) is 6.60. The van der Waals surface area contributed by atoms with Gasteiger partial charge in [-0.1, -0.05) is 12.1 Å². The molecule has 3 rings (SSSR count). The van der Waals surface area contributed by atoms with Gasteiger partial charge in [0.05, 0.1) is 6.61 Å². The molecule has 214 valence electrons. The summed E-state index contributed by atoms with van der Waals surface area (Å²) in [5.41, 5.74) is 0.670. The van der Waals surface area contributed by atoms with E-state index >= 15 is 0 Å². The van der Waals surface area contributed by atoms with Gasteiger partial charge >= 0.3 is 12.2 Å². The van der Waals surface area contributed by atoms with E-state index in [-0.39, 0.29) is 12.0 Å². The van der Waals surface area contributed by atoms with E-state index in [1.807, 2.05) is 19.1 Å². The minimum Gasteiger partial charge on any atom is -0.494 e. The molecule has 1 aromatic carbocycles. The lowest BCUT2D eigenvalue weighted by molar-refractivity contribution is -0.166. The maximum atomic E-state index is 12.9. The summed E-state index contributed by atoms with van der Waals surface area (Å²) in [6.45, 7) is 10.3. The SMILES string of the molecule is CCOc1ccc(CCC2CCN(C(=O)ON(C)C(=O)C3CN(C(=O)OC(C)(C)C)CCN3)CC2)cc1.O. The van der Waals surface area contributed by atoms with E-state index < -0.39 is 29.7 Å². The van der Waals surface area contributed by atoms with Crippen LogP contribution in [0, 0.1) is 5.92 Å². The summed E-state index contributed by atoms with van der Waals surface area (Å²) in [5.74, 6) is 1.02. The fourth-order valence-corrected chi connectivity index (χ4v) is 4.54. The van der Waals surface area contributed by atoms with Crippen LogP contribution in [0.15, 0.2) is 24.3 Å². The van der Waals surface area contributed by atoms with Crippen molar-refractivity contribution in [3.05, 3.63) is 29.8 Å². The van der Waals surface area contributed by atoms with Crippen LogP contribution in [0.5, 0.6) is 5.75 Å². The minimum atomic E-state index is -0.674. The smallest absolute Gasteiger partial charge is 0.434 e. The van der Waals surface area contributed by atoms with Gasteiger partial charge in [-0.3, -0.25) is 4.79 Å². The van der Waals surface area contributed by atoms with E-state index in [1.165, 1.54) is 17.5 Å². The van der Waals surface area contributed by atoms with Crippen molar-refractivity contribution in [2.75, 3.05) is 46.4 Å². The van der Waals surface area contributed by atoms with E-state index in [1.54, 1.807) is 25.7 Å². The Kier molecular flexibility index (Phi) is 11.6. The molecule has 1 atom stereocenters. The van der Waals surface area contributed by atoms with Crippen LogP contribution in [-0.2, 0) is 20.8 Å². The molecule has 0 radical (unpaired) electrons. The summed E-state index contributed by atoms with van der Waals surface area (Å²) in [4.78, 5) is 46.5. The topological polar surface area (TPSA) is 132 Å². The second-order valence-corrected chi connectivity index (χ2v) is 10.7. The Labute approximate surface area is 225 Å². The molecular formula is C27H44N4O7. The van der Waals surface area contributed by atoms with Gasteiger partial charge in [0.15, 0.2) is 0 Å². The van der Waals surface area contributed by atoms with Crippen molar-refractivity contribution in [1.29, 1.82) is 0 Å². The largest absolute Gasteiger partial charge is 0.494 e. The molecule has 11 heteroatoms. The number of likely N-dealkylation sites (tertiary alicyclic amines) is 1. The third kappa shape index (κ3) is 9.36. The van der Waals surface area contributed by atoms with Crippen LogP contribution in [0.2, 0.25) is 0 Å². The van der Waals surface area contributed by atoms with Crippen molar-refractivity contribution < 1.29 is 34.2 Å². The molecule has 2 heterocycles. The number of hydrogen-bond donors (Lipinski definition) is 1. The van der Waals surface area contributed by atoms with Gasteiger partial charge in [0.2, 0.25) is 0 Å². The first-order valence-corrected chi connectivity index (χ1v) is 13.2. The monoisotopic (exact) mass is 536 g/mol. The molecule has 0 aliphatic carbocycles. The third-order valence-electron chi connectivity index (χ3n) is 6.60. The van der Waals surface area contributed by atoms with Crippen LogP contribution in [0.1, 0.15) is 52.5 Å². The molecule has 2 aliphatic heterocycles. The fourth-order valence-electron chi connectivity index (χ4n) is 4.54. The zero-order chi connectivity index (χ0) is 27.0. The highest BCUT2D eigenvalue weighted by atomic mass is 16.7. The van der Waals surface area contributed by atoms with Crippen LogP contribution in [0.3, 0.4) is 0 Å². The van der Waals surface area contributed by atoms with Crippen LogP contribution in [0.4, 0.5) is 9.59 Å². The molecule has 3 amide bonds. The summed E-state index contributed by atoms with van der Waals surface area (Å²) < 4.78 is 10.9. The summed E-state index contributed by atoms with van der Waals surface area (Å²) in [5, 5.41) is 4.06. The molecule has 0 aromatic heterocycles. The standard InChI is InChI=1S/C27H42N4O6.H2O/c1-6-35-22-11-9-20(10-12-22)7-8-21-13-16-30(17-14-21)26(34)37-29(5)24(32)23-19-31(18-15-28-23)25(33)36-27(2,3)4;/h9-12,21,23,28H,6-8,13-19H2,1-5H3;1H2. The van der Waals surface area contributed by atoms with E-state index in [4.69, 9.17) is 14.3 Å². The lowest BCUT2D eigenvalue weighted by Crippen LogP contribution is -2.59. The second-order valence-electron chi connectivity index (χ2n) is 10.7. The molecule has 0 saturated carbocycles. The Bertz CT molecular complexity index is 911. The molecule has 2 aliphatic rings. The number of benzene rings is 1. The Morgan fingerprint density at radius 3 is 2.29 bits per heavy atom. The normalized spacial score (nSPS) is 18.3. The van der Waals surface area contributed by atoms with Gasteiger partial charge in [-0.15, -0.1) is 0 Å². The minimum absolute atomic E-state index is 0. The fraction of sp³-hybridized carbons (Fsp3) is 0.667. The number of rotatable bonds is 6. The lowest BCUT2D eigenvalue weighted by atomic mass is 9.91. The number of nitrogens with zero attached hydrogens (tertiary/aromatic N) is 3. The zero-order valence-corrected chi connectivity index (χ0v) is 23.3. The summed E-state index contributed by atoms with van der Waals surface area (Å²) in [6.07, 6.45) is 2.87. The first kappa shape index (κ1) is 31.2. The maximum absolute atomic E-state index is 12.9. The predicted molar refractivity (Wildman–Crippen MR) is 143 cm³/mol. The van der Waals surface area contributed by atoms with Crippen molar-refractivity contribution in [2.45, 2.75) is 65.0 Å². The first-order valence-electron chi connectivity index (χ1n) is 13.2. The number of piperazine rings is 1. The van der Waals surface area contributed by atoms with Gasteiger partial charge in [-0.05, 0) is 77.0 Å². The van der Waals surface area contributed by atoms with Crippen LogP contribution >= 0.6 is 0 Å². The number of nitrogens with one attached hydrogen (secondary N) is 1. The zero-order valence-electron chi connectivity index (χ0n) is 23.3. The highest BCUT2D eigenvalue weighted by molar-refractivity contribution is 5.83. The number of carbonyl (C=O) groups is 3. The number of aryl methyl sites for hydroxylation is 1. The number of carbonyl (C=O) groups excluding carboxylic acids is 3. The molecule has 38 heavy (non-hydrogen) atoms. The van der Waals surface area contributed by atoms with E-state index in [0.29, 0.717) is 38.7 Å². The Hall–Kier alpha value is -3.05. The van der Waals surface area contributed by atoms with E-state index in [2.05, 4.69) is 17.4 Å². The molecule has 1 aromatic rings.